The van der Waals surface area contributed by atoms with Crippen LogP contribution in [-0.4, -0.2) is 52.4 Å². The van der Waals surface area contributed by atoms with Gasteiger partial charge in [0.15, 0.2) is 0 Å². The van der Waals surface area contributed by atoms with Crippen molar-refractivity contribution in [1.82, 2.24) is 14.8 Å². The molecule has 4 nitrogen and oxygen atoms in total. The Kier molecular flexibility index (Phi) is 5.32. The predicted molar refractivity (Wildman–Crippen MR) is 88.2 cm³/mol. The fourth-order valence-corrected chi connectivity index (χ4v) is 3.56. The van der Waals surface area contributed by atoms with Gasteiger partial charge in [0.25, 0.3) is 5.91 Å². The molecule has 7 heteroatoms. The summed E-state index contributed by atoms with van der Waals surface area (Å²) in [6.07, 6.45) is 1.51. The second kappa shape index (κ2) is 7.32. The highest BCUT2D eigenvalue weighted by atomic mass is 19.4. The van der Waals surface area contributed by atoms with Crippen molar-refractivity contribution in [2.75, 3.05) is 19.6 Å². The Labute approximate surface area is 146 Å². The summed E-state index contributed by atoms with van der Waals surface area (Å²) >= 11 is 0. The molecular formula is C18H24F3N3O. The van der Waals surface area contributed by atoms with Gasteiger partial charge in [-0.25, -0.2) is 0 Å². The molecule has 0 bridgehead atoms. The van der Waals surface area contributed by atoms with Crippen molar-refractivity contribution in [2.45, 2.75) is 57.3 Å². The van der Waals surface area contributed by atoms with Crippen molar-refractivity contribution in [3.63, 3.8) is 0 Å². The minimum atomic E-state index is -4.48. The van der Waals surface area contributed by atoms with E-state index < -0.39 is 11.9 Å². The van der Waals surface area contributed by atoms with Gasteiger partial charge in [0.05, 0.1) is 5.56 Å². The molecule has 1 aromatic rings. The Morgan fingerprint density at radius 1 is 1.20 bits per heavy atom. The lowest BCUT2D eigenvalue weighted by Gasteiger charge is -2.38. The van der Waals surface area contributed by atoms with E-state index >= 15 is 0 Å². The number of amides is 1. The molecule has 3 rings (SSSR count). The lowest BCUT2D eigenvalue weighted by molar-refractivity contribution is -0.141. The quantitative estimate of drug-likeness (QED) is 0.810. The van der Waals surface area contributed by atoms with E-state index in [9.17, 15) is 18.0 Å². The first-order valence-electron chi connectivity index (χ1n) is 8.98. The Morgan fingerprint density at radius 2 is 1.84 bits per heavy atom. The van der Waals surface area contributed by atoms with Crippen LogP contribution in [-0.2, 0) is 6.18 Å². The molecule has 1 aromatic heterocycles. The highest BCUT2D eigenvalue weighted by molar-refractivity contribution is 5.94. The fourth-order valence-electron chi connectivity index (χ4n) is 3.56. The molecule has 0 aromatic carbocycles. The van der Waals surface area contributed by atoms with Gasteiger partial charge in [0, 0.05) is 31.4 Å². The number of piperidine rings is 1. The van der Waals surface area contributed by atoms with Crippen molar-refractivity contribution in [3.05, 3.63) is 29.6 Å². The summed E-state index contributed by atoms with van der Waals surface area (Å²) in [7, 11) is 0. The van der Waals surface area contributed by atoms with Gasteiger partial charge in [-0.15, -0.1) is 0 Å². The van der Waals surface area contributed by atoms with E-state index in [4.69, 9.17) is 0 Å². The van der Waals surface area contributed by atoms with E-state index in [1.54, 1.807) is 0 Å². The van der Waals surface area contributed by atoms with Crippen LogP contribution in [0.3, 0.4) is 0 Å². The van der Waals surface area contributed by atoms with Gasteiger partial charge >= 0.3 is 6.18 Å². The number of carbonyl (C=O) groups excluding carboxylic acids is 1. The van der Waals surface area contributed by atoms with Gasteiger partial charge < -0.3 is 9.80 Å². The third-order valence-corrected chi connectivity index (χ3v) is 4.97. The van der Waals surface area contributed by atoms with Gasteiger partial charge in [-0.1, -0.05) is 6.92 Å². The molecule has 2 aliphatic rings. The number of pyridine rings is 1. The van der Waals surface area contributed by atoms with Gasteiger partial charge in [-0.3, -0.25) is 9.78 Å². The maximum atomic E-state index is 12.9. The highest BCUT2D eigenvalue weighted by Gasteiger charge is 2.39. The van der Waals surface area contributed by atoms with Crippen LogP contribution < -0.4 is 0 Å². The summed E-state index contributed by atoms with van der Waals surface area (Å²) in [6.45, 7) is 5.18. The van der Waals surface area contributed by atoms with E-state index in [1.807, 2.05) is 4.90 Å². The van der Waals surface area contributed by atoms with Gasteiger partial charge in [-0.05, 0) is 50.8 Å². The third-order valence-electron chi connectivity index (χ3n) is 4.97. The van der Waals surface area contributed by atoms with E-state index in [-0.39, 0.29) is 23.6 Å². The molecule has 0 spiro atoms. The van der Waals surface area contributed by atoms with Gasteiger partial charge in [0.2, 0.25) is 0 Å². The Bertz CT molecular complexity index is 591. The fraction of sp³-hybridized carbons (Fsp3) is 0.667. The van der Waals surface area contributed by atoms with Crippen molar-refractivity contribution in [2.24, 2.45) is 0 Å². The summed E-state index contributed by atoms with van der Waals surface area (Å²) < 4.78 is 37.9. The average molecular weight is 355 g/mol. The van der Waals surface area contributed by atoms with Crippen LogP contribution in [0.25, 0.3) is 0 Å². The zero-order valence-corrected chi connectivity index (χ0v) is 14.4. The number of nitrogens with zero attached hydrogens (tertiary/aromatic N) is 3. The minimum absolute atomic E-state index is 0.176. The lowest BCUT2D eigenvalue weighted by Crippen LogP contribution is -2.48. The van der Waals surface area contributed by atoms with E-state index in [1.165, 1.54) is 6.07 Å². The molecular weight excluding hydrogens is 331 g/mol. The topological polar surface area (TPSA) is 36.4 Å². The van der Waals surface area contributed by atoms with Crippen LogP contribution in [0.4, 0.5) is 13.2 Å². The first-order chi connectivity index (χ1) is 11.9. The number of hydrogen-bond acceptors (Lipinski definition) is 3. The van der Waals surface area contributed by atoms with Gasteiger partial charge in [0.1, 0.15) is 5.69 Å². The third kappa shape index (κ3) is 4.32. The summed E-state index contributed by atoms with van der Waals surface area (Å²) in [4.78, 5) is 20.6. The summed E-state index contributed by atoms with van der Waals surface area (Å²) in [5.74, 6) is -0.183. The number of aromatic nitrogens is 1. The molecule has 1 saturated heterocycles. The van der Waals surface area contributed by atoms with Crippen LogP contribution in [0.5, 0.6) is 0 Å². The summed E-state index contributed by atoms with van der Waals surface area (Å²) in [5.41, 5.74) is -0.717. The molecule has 0 N–H and O–H groups in total. The van der Waals surface area contributed by atoms with Crippen molar-refractivity contribution in [1.29, 1.82) is 0 Å². The predicted octanol–water partition coefficient (Wildman–Crippen LogP) is 3.58. The first-order valence-corrected chi connectivity index (χ1v) is 8.98. The van der Waals surface area contributed by atoms with Crippen molar-refractivity contribution >= 4 is 5.91 Å². The van der Waals surface area contributed by atoms with Crippen LogP contribution in [0.1, 0.15) is 55.1 Å². The van der Waals surface area contributed by atoms with E-state index in [2.05, 4.69) is 16.8 Å². The number of hydrogen-bond donors (Lipinski definition) is 0. The second-order valence-corrected chi connectivity index (χ2v) is 6.95. The molecule has 2 fully saturated rings. The molecule has 0 unspecified atom stereocenters. The lowest BCUT2D eigenvalue weighted by atomic mass is 10.0. The van der Waals surface area contributed by atoms with Crippen LogP contribution >= 0.6 is 0 Å². The summed E-state index contributed by atoms with van der Waals surface area (Å²) in [6, 6.07) is 2.55. The van der Waals surface area contributed by atoms with Crippen LogP contribution in [0.2, 0.25) is 0 Å². The molecule has 1 amide bonds. The van der Waals surface area contributed by atoms with E-state index in [0.717, 1.165) is 64.0 Å². The molecule has 1 aliphatic heterocycles. The van der Waals surface area contributed by atoms with E-state index in [0.29, 0.717) is 0 Å². The van der Waals surface area contributed by atoms with Crippen molar-refractivity contribution in [3.8, 4) is 0 Å². The normalized spacial score (nSPS) is 19.8. The standard InChI is InChI=1S/C18H24F3N3O/c1-2-9-23-10-7-15(8-11-23)24(14-4-5-14)17(25)13-3-6-16(22-12-13)18(19,20)21/h3,6,12,14-15H,2,4-5,7-11H2,1H3. The first kappa shape index (κ1) is 18.2. The second-order valence-electron chi connectivity index (χ2n) is 6.95. The largest absolute Gasteiger partial charge is 0.433 e. The zero-order valence-electron chi connectivity index (χ0n) is 14.4. The summed E-state index contributed by atoms with van der Waals surface area (Å²) in [5, 5.41) is 0. The minimum Gasteiger partial charge on any atom is -0.333 e. The molecule has 1 saturated carbocycles. The molecule has 1 aliphatic carbocycles. The molecule has 138 valence electrons. The number of rotatable bonds is 5. The van der Waals surface area contributed by atoms with Crippen LogP contribution in [0, 0.1) is 0 Å². The molecule has 0 atom stereocenters. The Hall–Kier alpha value is -1.63. The highest BCUT2D eigenvalue weighted by Crippen LogP contribution is 2.34. The maximum Gasteiger partial charge on any atom is 0.433 e. The smallest absolute Gasteiger partial charge is 0.333 e. The monoisotopic (exact) mass is 355 g/mol. The molecule has 2 heterocycles. The zero-order chi connectivity index (χ0) is 18.0. The van der Waals surface area contributed by atoms with Crippen molar-refractivity contribution < 1.29 is 18.0 Å². The Balaban J connectivity index is 1.70. The Morgan fingerprint density at radius 3 is 2.32 bits per heavy atom. The van der Waals surface area contributed by atoms with Crippen LogP contribution in [0.15, 0.2) is 18.3 Å². The van der Waals surface area contributed by atoms with Gasteiger partial charge in [-0.2, -0.15) is 13.2 Å². The molecule has 25 heavy (non-hydrogen) atoms. The number of likely N-dealkylation sites (tertiary alicyclic amines) is 1. The number of carbonyl (C=O) groups is 1. The SMILES string of the molecule is CCCN1CCC(N(C(=O)c2ccc(C(F)(F)F)nc2)C2CC2)CC1. The average Bonchev–Trinajstić information content (AvgIpc) is 3.41. The maximum absolute atomic E-state index is 12.9. The number of halogens is 3. The molecule has 0 radical (unpaired) electrons. The number of alkyl halides is 3.